The molecule has 0 bridgehead atoms. The number of hydrogen-bond donors (Lipinski definition) is 1. The summed E-state index contributed by atoms with van der Waals surface area (Å²) in [5.74, 6) is 1.69. The summed E-state index contributed by atoms with van der Waals surface area (Å²) in [7, 11) is 0. The highest BCUT2D eigenvalue weighted by molar-refractivity contribution is 5.74. The zero-order valence-electron chi connectivity index (χ0n) is 10.6. The smallest absolute Gasteiger partial charge is 0.162 e. The molecular formula is C13H18N4. The van der Waals surface area contributed by atoms with Crippen molar-refractivity contribution in [3.05, 3.63) is 18.0 Å². The van der Waals surface area contributed by atoms with Crippen LogP contribution in [0.4, 0.5) is 5.82 Å². The molecule has 0 radical (unpaired) electrons. The van der Waals surface area contributed by atoms with E-state index in [4.69, 9.17) is 10.7 Å². The van der Waals surface area contributed by atoms with Gasteiger partial charge in [-0.2, -0.15) is 0 Å². The zero-order chi connectivity index (χ0) is 12.2. The number of hydrogen-bond acceptors (Lipinski definition) is 3. The van der Waals surface area contributed by atoms with Crippen LogP contribution in [-0.2, 0) is 5.41 Å². The van der Waals surface area contributed by atoms with Crippen LogP contribution in [0.15, 0.2) is 12.1 Å². The van der Waals surface area contributed by atoms with Gasteiger partial charge in [0.05, 0.1) is 0 Å². The Morgan fingerprint density at radius 2 is 1.94 bits per heavy atom. The molecule has 0 spiro atoms. The molecule has 2 heterocycles. The van der Waals surface area contributed by atoms with Crippen molar-refractivity contribution in [3.63, 3.8) is 0 Å². The minimum absolute atomic E-state index is 0.0397. The van der Waals surface area contributed by atoms with E-state index in [9.17, 15) is 0 Å². The molecular weight excluding hydrogens is 212 g/mol. The molecule has 1 fully saturated rings. The number of nitrogen functional groups attached to an aromatic ring is 1. The van der Waals surface area contributed by atoms with Crippen molar-refractivity contribution in [2.75, 3.05) is 5.73 Å². The first kappa shape index (κ1) is 10.6. The molecule has 0 aliphatic heterocycles. The van der Waals surface area contributed by atoms with E-state index >= 15 is 0 Å². The highest BCUT2D eigenvalue weighted by atomic mass is 15.2. The lowest BCUT2D eigenvalue weighted by molar-refractivity contribution is 0.506. The SMILES string of the molecule is CC(C)(C)c1nc2ccc(N)nc2n1C1CC1. The minimum Gasteiger partial charge on any atom is -0.384 e. The van der Waals surface area contributed by atoms with Gasteiger partial charge in [0.2, 0.25) is 0 Å². The molecule has 4 nitrogen and oxygen atoms in total. The topological polar surface area (TPSA) is 56.7 Å². The molecule has 0 aromatic carbocycles. The molecule has 90 valence electrons. The van der Waals surface area contributed by atoms with Gasteiger partial charge in [-0.25, -0.2) is 9.97 Å². The van der Waals surface area contributed by atoms with Gasteiger partial charge in [0.15, 0.2) is 5.65 Å². The largest absolute Gasteiger partial charge is 0.384 e. The average molecular weight is 230 g/mol. The van der Waals surface area contributed by atoms with Crippen molar-refractivity contribution in [1.82, 2.24) is 14.5 Å². The fraction of sp³-hybridized carbons (Fsp3) is 0.538. The maximum absolute atomic E-state index is 5.78. The molecule has 0 atom stereocenters. The van der Waals surface area contributed by atoms with E-state index in [-0.39, 0.29) is 5.41 Å². The van der Waals surface area contributed by atoms with Gasteiger partial charge in [0.1, 0.15) is 17.2 Å². The molecule has 4 heteroatoms. The van der Waals surface area contributed by atoms with Gasteiger partial charge in [-0.05, 0) is 25.0 Å². The van der Waals surface area contributed by atoms with Crippen molar-refractivity contribution in [1.29, 1.82) is 0 Å². The Kier molecular flexibility index (Phi) is 2.00. The molecule has 0 saturated heterocycles. The highest BCUT2D eigenvalue weighted by Crippen LogP contribution is 2.40. The summed E-state index contributed by atoms with van der Waals surface area (Å²) in [6, 6.07) is 4.36. The molecule has 0 amide bonds. The van der Waals surface area contributed by atoms with Crippen molar-refractivity contribution in [3.8, 4) is 0 Å². The van der Waals surface area contributed by atoms with Crippen LogP contribution < -0.4 is 5.73 Å². The number of aromatic nitrogens is 3. The molecule has 17 heavy (non-hydrogen) atoms. The van der Waals surface area contributed by atoms with Crippen LogP contribution in [0.1, 0.15) is 45.5 Å². The monoisotopic (exact) mass is 230 g/mol. The van der Waals surface area contributed by atoms with Crippen LogP contribution >= 0.6 is 0 Å². The van der Waals surface area contributed by atoms with E-state index in [2.05, 4.69) is 30.3 Å². The van der Waals surface area contributed by atoms with Crippen LogP contribution in [0.3, 0.4) is 0 Å². The molecule has 2 aromatic heterocycles. The van der Waals surface area contributed by atoms with Gasteiger partial charge >= 0.3 is 0 Å². The van der Waals surface area contributed by atoms with Gasteiger partial charge in [-0.1, -0.05) is 20.8 Å². The fourth-order valence-electron chi connectivity index (χ4n) is 2.20. The van der Waals surface area contributed by atoms with E-state index in [0.29, 0.717) is 11.9 Å². The van der Waals surface area contributed by atoms with Gasteiger partial charge in [0, 0.05) is 11.5 Å². The van der Waals surface area contributed by atoms with Crippen molar-refractivity contribution in [2.45, 2.75) is 45.1 Å². The molecule has 1 aliphatic carbocycles. The molecule has 2 N–H and O–H groups in total. The molecule has 2 aromatic rings. The normalized spacial score (nSPS) is 16.6. The standard InChI is InChI=1S/C13H18N4/c1-13(2,3)12-15-9-6-7-10(14)16-11(9)17(12)8-4-5-8/h6-8H,4-5H2,1-3H3,(H2,14,16). The number of imidazole rings is 1. The first-order valence-electron chi connectivity index (χ1n) is 6.12. The second kappa shape index (κ2) is 3.22. The Morgan fingerprint density at radius 1 is 1.24 bits per heavy atom. The molecule has 1 aliphatic rings. The number of nitrogens with two attached hydrogens (primary N) is 1. The summed E-state index contributed by atoms with van der Waals surface area (Å²) in [5, 5.41) is 0. The lowest BCUT2D eigenvalue weighted by atomic mass is 9.95. The van der Waals surface area contributed by atoms with Crippen molar-refractivity contribution in [2.24, 2.45) is 0 Å². The number of anilines is 1. The third-order valence-electron chi connectivity index (χ3n) is 3.14. The molecule has 0 unspecified atom stereocenters. The lowest BCUT2D eigenvalue weighted by Crippen LogP contribution is -2.18. The second-order valence-corrected chi connectivity index (χ2v) is 5.87. The summed E-state index contributed by atoms with van der Waals surface area (Å²) in [6.45, 7) is 6.57. The van der Waals surface area contributed by atoms with Gasteiger partial charge in [-0.3, -0.25) is 0 Å². The quantitative estimate of drug-likeness (QED) is 0.819. The van der Waals surface area contributed by atoms with Crippen LogP contribution in [0.2, 0.25) is 0 Å². The summed E-state index contributed by atoms with van der Waals surface area (Å²) in [6.07, 6.45) is 2.45. The zero-order valence-corrected chi connectivity index (χ0v) is 10.6. The Morgan fingerprint density at radius 3 is 2.53 bits per heavy atom. The van der Waals surface area contributed by atoms with Crippen LogP contribution in [-0.4, -0.2) is 14.5 Å². The van der Waals surface area contributed by atoms with E-state index in [1.54, 1.807) is 0 Å². The third kappa shape index (κ3) is 1.68. The molecule has 3 rings (SSSR count). The van der Waals surface area contributed by atoms with Crippen LogP contribution in [0, 0.1) is 0 Å². The average Bonchev–Trinajstić information content (AvgIpc) is 2.98. The second-order valence-electron chi connectivity index (χ2n) is 5.87. The predicted octanol–water partition coefficient (Wildman–Crippen LogP) is 2.65. The van der Waals surface area contributed by atoms with Crippen LogP contribution in [0.5, 0.6) is 0 Å². The summed E-state index contributed by atoms with van der Waals surface area (Å²) in [4.78, 5) is 9.18. The van der Waals surface area contributed by atoms with Gasteiger partial charge < -0.3 is 10.3 Å². The van der Waals surface area contributed by atoms with E-state index < -0.39 is 0 Å². The van der Waals surface area contributed by atoms with E-state index in [1.807, 2.05) is 12.1 Å². The number of rotatable bonds is 1. The number of fused-ring (bicyclic) bond motifs is 1. The maximum Gasteiger partial charge on any atom is 0.162 e. The lowest BCUT2D eigenvalue weighted by Gasteiger charge is -2.19. The Labute approximate surface area is 101 Å². The Balaban J connectivity index is 2.31. The maximum atomic E-state index is 5.78. The van der Waals surface area contributed by atoms with E-state index in [0.717, 1.165) is 17.0 Å². The van der Waals surface area contributed by atoms with E-state index in [1.165, 1.54) is 12.8 Å². The summed E-state index contributed by atoms with van der Waals surface area (Å²) >= 11 is 0. The predicted molar refractivity (Wildman–Crippen MR) is 68.9 cm³/mol. The highest BCUT2D eigenvalue weighted by Gasteiger charge is 2.32. The minimum atomic E-state index is 0.0397. The van der Waals surface area contributed by atoms with Crippen molar-refractivity contribution < 1.29 is 0 Å². The summed E-state index contributed by atoms with van der Waals surface area (Å²) in [5.41, 5.74) is 7.72. The van der Waals surface area contributed by atoms with Gasteiger partial charge in [0.25, 0.3) is 0 Å². The summed E-state index contributed by atoms with van der Waals surface area (Å²) < 4.78 is 2.28. The Bertz CT molecular complexity index is 573. The first-order valence-corrected chi connectivity index (χ1v) is 6.12. The Hall–Kier alpha value is -1.58. The van der Waals surface area contributed by atoms with Crippen molar-refractivity contribution >= 4 is 17.0 Å². The number of nitrogens with zero attached hydrogens (tertiary/aromatic N) is 3. The number of pyridine rings is 1. The molecule has 1 saturated carbocycles. The van der Waals surface area contributed by atoms with Gasteiger partial charge in [-0.15, -0.1) is 0 Å². The third-order valence-corrected chi connectivity index (χ3v) is 3.14. The van der Waals surface area contributed by atoms with Crippen LogP contribution in [0.25, 0.3) is 11.2 Å². The first-order chi connectivity index (χ1) is 7.97. The fourth-order valence-corrected chi connectivity index (χ4v) is 2.20.